The molecule has 0 spiro atoms. The highest BCUT2D eigenvalue weighted by Crippen LogP contribution is 2.47. The minimum atomic E-state index is -3.31. The molecule has 4 nitrogen and oxygen atoms in total. The standard InChI is InChI=1S/C13H17O4P/c1-3-4-10-17-12-7-5-6-8-13(12)18(15,16-2)11-9-14/h5-8,11H,3-4,10H2,1-2H3. The lowest BCUT2D eigenvalue weighted by atomic mass is 10.3. The number of carbonyl (C=O) groups excluding carboxylic acids is 1. The number of para-hydroxylation sites is 1. The number of benzene rings is 1. The topological polar surface area (TPSA) is 52.6 Å². The summed E-state index contributed by atoms with van der Waals surface area (Å²) in [5.74, 6) is 2.95. The molecule has 0 N–H and O–H groups in total. The Morgan fingerprint density at radius 2 is 2.11 bits per heavy atom. The Morgan fingerprint density at radius 1 is 1.39 bits per heavy atom. The van der Waals surface area contributed by atoms with Crippen LogP contribution in [-0.4, -0.2) is 19.7 Å². The van der Waals surface area contributed by atoms with E-state index in [0.29, 0.717) is 17.7 Å². The van der Waals surface area contributed by atoms with Crippen LogP contribution < -0.4 is 10.0 Å². The molecule has 0 aliphatic heterocycles. The number of hydrogen-bond acceptors (Lipinski definition) is 4. The van der Waals surface area contributed by atoms with Gasteiger partial charge in [-0.3, -0.25) is 4.57 Å². The predicted octanol–water partition coefficient (Wildman–Crippen LogP) is 2.76. The Labute approximate surface area is 107 Å². The second-order valence-corrected chi connectivity index (χ2v) is 6.00. The molecule has 0 radical (unpaired) electrons. The molecule has 0 bridgehead atoms. The number of unbranched alkanes of at least 4 members (excludes halogenated alkanes) is 1. The van der Waals surface area contributed by atoms with Gasteiger partial charge in [0.15, 0.2) is 0 Å². The van der Waals surface area contributed by atoms with Crippen LogP contribution in [0.1, 0.15) is 19.8 Å². The SMILES string of the molecule is CCCCOc1ccccc1P(=O)(C=C=O)OC. The van der Waals surface area contributed by atoms with Crippen LogP contribution in [0.2, 0.25) is 0 Å². The molecule has 0 saturated heterocycles. The fourth-order valence-electron chi connectivity index (χ4n) is 1.45. The average molecular weight is 268 g/mol. The Bertz CT molecular complexity index is 478. The minimum Gasteiger partial charge on any atom is -0.493 e. The van der Waals surface area contributed by atoms with E-state index >= 15 is 0 Å². The van der Waals surface area contributed by atoms with Crippen LogP contribution in [0.25, 0.3) is 0 Å². The van der Waals surface area contributed by atoms with Crippen molar-refractivity contribution in [1.82, 2.24) is 0 Å². The van der Waals surface area contributed by atoms with Gasteiger partial charge in [-0.05, 0) is 18.6 Å². The summed E-state index contributed by atoms with van der Waals surface area (Å²) in [6.45, 7) is 2.60. The molecule has 18 heavy (non-hydrogen) atoms. The van der Waals surface area contributed by atoms with E-state index in [1.807, 2.05) is 0 Å². The fraction of sp³-hybridized carbons (Fsp3) is 0.385. The van der Waals surface area contributed by atoms with Crippen molar-refractivity contribution in [3.8, 4) is 5.75 Å². The lowest BCUT2D eigenvalue weighted by molar-refractivity contribution is 0.311. The Kier molecular flexibility index (Phi) is 5.87. The number of hydrogen-bond donors (Lipinski definition) is 0. The normalized spacial score (nSPS) is 13.4. The van der Waals surface area contributed by atoms with Gasteiger partial charge in [0.25, 0.3) is 7.37 Å². The molecule has 1 unspecified atom stereocenters. The van der Waals surface area contributed by atoms with Gasteiger partial charge >= 0.3 is 0 Å². The molecule has 0 aliphatic rings. The molecule has 0 amide bonds. The van der Waals surface area contributed by atoms with E-state index in [0.717, 1.165) is 18.7 Å². The van der Waals surface area contributed by atoms with Crippen LogP contribution in [0, 0.1) is 0 Å². The van der Waals surface area contributed by atoms with Crippen LogP contribution >= 0.6 is 7.37 Å². The maximum Gasteiger partial charge on any atom is 0.268 e. The third-order valence-electron chi connectivity index (χ3n) is 2.45. The third-order valence-corrected chi connectivity index (χ3v) is 4.48. The molecule has 98 valence electrons. The highest BCUT2D eigenvalue weighted by molar-refractivity contribution is 7.70. The number of ether oxygens (including phenoxy) is 1. The fourth-order valence-corrected chi connectivity index (χ4v) is 2.77. The summed E-state index contributed by atoms with van der Waals surface area (Å²) in [5.41, 5.74) is 0. The van der Waals surface area contributed by atoms with Gasteiger partial charge in [-0.1, -0.05) is 25.5 Å². The summed E-state index contributed by atoms with van der Waals surface area (Å²) >= 11 is 0. The molecule has 0 aromatic heterocycles. The summed E-state index contributed by atoms with van der Waals surface area (Å²) in [7, 11) is -2.01. The van der Waals surface area contributed by atoms with Crippen molar-refractivity contribution in [3.63, 3.8) is 0 Å². The van der Waals surface area contributed by atoms with E-state index in [9.17, 15) is 9.36 Å². The molecule has 1 rings (SSSR count). The van der Waals surface area contributed by atoms with Crippen LogP contribution in [0.3, 0.4) is 0 Å². The monoisotopic (exact) mass is 268 g/mol. The maximum atomic E-state index is 12.4. The average Bonchev–Trinajstić information content (AvgIpc) is 2.40. The predicted molar refractivity (Wildman–Crippen MR) is 71.4 cm³/mol. The van der Waals surface area contributed by atoms with Gasteiger partial charge in [0.2, 0.25) is 0 Å². The first-order chi connectivity index (χ1) is 8.68. The molecular formula is C13H17O4P. The summed E-state index contributed by atoms with van der Waals surface area (Å²) in [6.07, 6.45) is 1.92. The van der Waals surface area contributed by atoms with Crippen LogP contribution in [0.4, 0.5) is 0 Å². The van der Waals surface area contributed by atoms with E-state index in [2.05, 4.69) is 6.92 Å². The van der Waals surface area contributed by atoms with Crippen LogP contribution in [0.15, 0.2) is 30.1 Å². The second-order valence-electron chi connectivity index (χ2n) is 3.70. The summed E-state index contributed by atoms with van der Waals surface area (Å²) in [5, 5.41) is 0.395. The molecule has 0 saturated carbocycles. The lowest BCUT2D eigenvalue weighted by Gasteiger charge is -2.15. The van der Waals surface area contributed by atoms with Crippen LogP contribution in [-0.2, 0) is 13.9 Å². The lowest BCUT2D eigenvalue weighted by Crippen LogP contribution is -2.11. The van der Waals surface area contributed by atoms with E-state index in [4.69, 9.17) is 9.26 Å². The molecule has 0 fully saturated rings. The Balaban J connectivity index is 3.07. The van der Waals surface area contributed by atoms with Crippen molar-refractivity contribution in [2.75, 3.05) is 13.7 Å². The van der Waals surface area contributed by atoms with Crippen molar-refractivity contribution in [2.24, 2.45) is 0 Å². The first-order valence-corrected chi connectivity index (χ1v) is 7.47. The maximum absolute atomic E-state index is 12.4. The second kappa shape index (κ2) is 7.17. The summed E-state index contributed by atoms with van der Waals surface area (Å²) in [4.78, 5) is 10.5. The summed E-state index contributed by atoms with van der Waals surface area (Å²) < 4.78 is 23.0. The van der Waals surface area contributed by atoms with Gasteiger partial charge in [0.05, 0.1) is 17.7 Å². The van der Waals surface area contributed by atoms with Gasteiger partial charge in [0.1, 0.15) is 11.7 Å². The van der Waals surface area contributed by atoms with E-state index in [-0.39, 0.29) is 0 Å². The van der Waals surface area contributed by atoms with Crippen molar-refractivity contribution in [3.05, 3.63) is 30.1 Å². The quantitative estimate of drug-likeness (QED) is 0.433. The zero-order chi connectivity index (χ0) is 13.4. The first-order valence-electron chi connectivity index (χ1n) is 5.78. The highest BCUT2D eigenvalue weighted by atomic mass is 31.2. The van der Waals surface area contributed by atoms with Gasteiger partial charge in [-0.2, -0.15) is 0 Å². The molecule has 1 atom stereocenters. The molecule has 1 aromatic rings. The first kappa shape index (κ1) is 14.7. The van der Waals surface area contributed by atoms with Crippen molar-refractivity contribution in [1.29, 1.82) is 0 Å². The summed E-state index contributed by atoms with van der Waals surface area (Å²) in [6, 6.07) is 6.87. The molecular weight excluding hydrogens is 251 g/mol. The minimum absolute atomic E-state index is 0.395. The van der Waals surface area contributed by atoms with Gasteiger partial charge in [-0.25, -0.2) is 4.79 Å². The van der Waals surface area contributed by atoms with Crippen molar-refractivity contribution >= 4 is 18.6 Å². The largest absolute Gasteiger partial charge is 0.493 e. The Hall–Kier alpha value is -1.34. The smallest absolute Gasteiger partial charge is 0.268 e. The zero-order valence-corrected chi connectivity index (χ0v) is 11.5. The molecule has 0 heterocycles. The van der Waals surface area contributed by atoms with E-state index in [1.165, 1.54) is 13.1 Å². The number of rotatable bonds is 7. The van der Waals surface area contributed by atoms with Gasteiger partial charge in [-0.15, -0.1) is 0 Å². The van der Waals surface area contributed by atoms with Gasteiger partial charge < -0.3 is 9.26 Å². The van der Waals surface area contributed by atoms with Gasteiger partial charge in [0, 0.05) is 7.11 Å². The van der Waals surface area contributed by atoms with E-state index in [1.54, 1.807) is 24.3 Å². The highest BCUT2D eigenvalue weighted by Gasteiger charge is 2.25. The molecule has 1 aromatic carbocycles. The molecule has 0 aliphatic carbocycles. The van der Waals surface area contributed by atoms with E-state index < -0.39 is 7.37 Å². The van der Waals surface area contributed by atoms with Crippen LogP contribution in [0.5, 0.6) is 5.75 Å². The third kappa shape index (κ3) is 3.58. The van der Waals surface area contributed by atoms with Crippen molar-refractivity contribution in [2.45, 2.75) is 19.8 Å². The molecule has 5 heteroatoms. The Morgan fingerprint density at radius 3 is 2.72 bits per heavy atom. The van der Waals surface area contributed by atoms with Crippen molar-refractivity contribution < 1.29 is 18.6 Å². The zero-order valence-electron chi connectivity index (χ0n) is 10.6.